The molecule has 0 amide bonds. The van der Waals surface area contributed by atoms with Crippen LogP contribution in [0.5, 0.6) is 0 Å². The lowest BCUT2D eigenvalue weighted by Gasteiger charge is -2.15. The van der Waals surface area contributed by atoms with Crippen LogP contribution in [0.4, 0.5) is 0 Å². The highest BCUT2D eigenvalue weighted by Gasteiger charge is 2.21. The van der Waals surface area contributed by atoms with E-state index in [-0.39, 0.29) is 0 Å². The van der Waals surface area contributed by atoms with Crippen LogP contribution in [0.15, 0.2) is 0 Å². The van der Waals surface area contributed by atoms with Crippen LogP contribution in [0, 0.1) is 5.92 Å². The first-order chi connectivity index (χ1) is 5.45. The minimum absolute atomic E-state index is 0.483. The van der Waals surface area contributed by atoms with Gasteiger partial charge >= 0.3 is 5.97 Å². The van der Waals surface area contributed by atoms with Crippen molar-refractivity contribution in [2.24, 2.45) is 11.7 Å². The zero-order chi connectivity index (χ0) is 9.72. The van der Waals surface area contributed by atoms with E-state index in [0.29, 0.717) is 12.3 Å². The molecule has 72 valence electrons. The minimum atomic E-state index is -1.43. The molecule has 0 rings (SSSR count). The highest BCUT2D eigenvalue weighted by molar-refractivity contribution is 5.72. The van der Waals surface area contributed by atoms with Crippen molar-refractivity contribution in [3.05, 3.63) is 0 Å². The number of aliphatic carboxylic acids is 1. The third-order valence-corrected chi connectivity index (χ3v) is 1.74. The number of hydrogen-bond donors (Lipinski definition) is 3. The summed E-state index contributed by atoms with van der Waals surface area (Å²) in [6.07, 6.45) is -0.0415. The molecule has 0 aromatic carbocycles. The van der Waals surface area contributed by atoms with Gasteiger partial charge in [-0.25, -0.2) is 4.79 Å². The maximum absolute atomic E-state index is 10.3. The minimum Gasteiger partial charge on any atom is -0.479 e. The molecule has 2 atom stereocenters. The van der Waals surface area contributed by atoms with Crippen molar-refractivity contribution in [3.8, 4) is 0 Å². The first kappa shape index (κ1) is 11.4. The molecule has 0 heterocycles. The lowest BCUT2D eigenvalue weighted by molar-refractivity contribution is -0.147. The van der Waals surface area contributed by atoms with Crippen LogP contribution in [-0.2, 0) is 4.79 Å². The summed E-state index contributed by atoms with van der Waals surface area (Å²) < 4.78 is 0. The van der Waals surface area contributed by atoms with Crippen molar-refractivity contribution in [1.82, 2.24) is 0 Å². The fraction of sp³-hybridized carbons (Fsp3) is 0.875. The Morgan fingerprint density at radius 2 is 1.92 bits per heavy atom. The van der Waals surface area contributed by atoms with Gasteiger partial charge in [-0.05, 0) is 18.8 Å². The van der Waals surface area contributed by atoms with Crippen molar-refractivity contribution >= 4 is 5.97 Å². The quantitative estimate of drug-likeness (QED) is 0.557. The third-order valence-electron chi connectivity index (χ3n) is 1.74. The number of carbonyl (C=O) groups is 1. The van der Waals surface area contributed by atoms with Gasteiger partial charge in [0.2, 0.25) is 0 Å². The molecule has 0 fully saturated rings. The second-order valence-electron chi connectivity index (χ2n) is 3.42. The Labute approximate surface area is 72.4 Å². The summed E-state index contributed by atoms with van der Waals surface area (Å²) in [5.41, 5.74) is 5.44. The zero-order valence-electron chi connectivity index (χ0n) is 7.53. The zero-order valence-corrected chi connectivity index (χ0v) is 7.53. The van der Waals surface area contributed by atoms with Gasteiger partial charge in [0.1, 0.15) is 0 Å². The molecule has 0 aromatic rings. The summed E-state index contributed by atoms with van der Waals surface area (Å²) in [6, 6.07) is -0.648. The molecule has 0 aliphatic heterocycles. The number of hydrogen-bond acceptors (Lipinski definition) is 3. The van der Waals surface area contributed by atoms with E-state index >= 15 is 0 Å². The number of rotatable bonds is 5. The van der Waals surface area contributed by atoms with Crippen molar-refractivity contribution in [3.63, 3.8) is 0 Å². The average molecular weight is 175 g/mol. The fourth-order valence-corrected chi connectivity index (χ4v) is 0.867. The number of aliphatic hydroxyl groups is 1. The van der Waals surface area contributed by atoms with Crippen molar-refractivity contribution in [1.29, 1.82) is 0 Å². The molecule has 12 heavy (non-hydrogen) atoms. The van der Waals surface area contributed by atoms with E-state index < -0.39 is 18.1 Å². The van der Waals surface area contributed by atoms with E-state index in [1.807, 2.05) is 13.8 Å². The number of carboxylic acids is 1. The van der Waals surface area contributed by atoms with E-state index in [1.54, 1.807) is 0 Å². The van der Waals surface area contributed by atoms with E-state index in [2.05, 4.69) is 0 Å². The van der Waals surface area contributed by atoms with Crippen LogP contribution in [-0.4, -0.2) is 28.3 Å². The Morgan fingerprint density at radius 3 is 2.25 bits per heavy atom. The summed E-state index contributed by atoms with van der Waals surface area (Å²) in [5.74, 6) is -0.761. The molecular weight excluding hydrogens is 158 g/mol. The molecule has 0 saturated carbocycles. The number of nitrogens with two attached hydrogens (primary N) is 1. The van der Waals surface area contributed by atoms with Gasteiger partial charge in [-0.15, -0.1) is 0 Å². The molecule has 0 aliphatic rings. The first-order valence-electron chi connectivity index (χ1n) is 4.11. The monoisotopic (exact) mass is 175 g/mol. The summed E-state index contributed by atoms with van der Waals surface area (Å²) in [6.45, 7) is 4.06. The van der Waals surface area contributed by atoms with Gasteiger partial charge in [-0.2, -0.15) is 0 Å². The Bertz CT molecular complexity index is 147. The van der Waals surface area contributed by atoms with E-state index in [0.717, 1.165) is 6.42 Å². The smallest absolute Gasteiger partial charge is 0.334 e. The fourth-order valence-electron chi connectivity index (χ4n) is 0.867. The summed E-state index contributed by atoms with van der Waals surface area (Å²) in [4.78, 5) is 10.3. The molecule has 0 aromatic heterocycles. The van der Waals surface area contributed by atoms with Crippen LogP contribution < -0.4 is 5.73 Å². The molecule has 4 N–H and O–H groups in total. The number of aliphatic hydroxyl groups excluding tert-OH is 1. The Hall–Kier alpha value is -0.610. The number of carboxylic acid groups (broad SMARTS) is 1. The Kier molecular flexibility index (Phi) is 4.85. The summed E-state index contributed by atoms with van der Waals surface area (Å²) >= 11 is 0. The average Bonchev–Trinajstić information content (AvgIpc) is 1.98. The second-order valence-corrected chi connectivity index (χ2v) is 3.42. The highest BCUT2D eigenvalue weighted by Crippen LogP contribution is 2.07. The van der Waals surface area contributed by atoms with Crippen LogP contribution >= 0.6 is 0 Å². The molecule has 0 unspecified atom stereocenters. The van der Waals surface area contributed by atoms with Gasteiger partial charge in [-0.1, -0.05) is 13.8 Å². The van der Waals surface area contributed by atoms with E-state index in [4.69, 9.17) is 15.9 Å². The van der Waals surface area contributed by atoms with Crippen LogP contribution in [0.25, 0.3) is 0 Å². The largest absolute Gasteiger partial charge is 0.479 e. The Morgan fingerprint density at radius 1 is 1.42 bits per heavy atom. The van der Waals surface area contributed by atoms with Gasteiger partial charge < -0.3 is 15.9 Å². The Balaban J connectivity index is 3.71. The van der Waals surface area contributed by atoms with Gasteiger partial charge in [-0.3, -0.25) is 0 Å². The standard InChI is InChI=1S/C8H17NO3/c1-5(2)3-4-6(9)7(10)8(11)12/h5-7,10H,3-4,9H2,1-2H3,(H,11,12)/t6-,7+/m0/s1. The van der Waals surface area contributed by atoms with Gasteiger partial charge in [0.25, 0.3) is 0 Å². The van der Waals surface area contributed by atoms with Crippen molar-refractivity contribution < 1.29 is 15.0 Å². The third kappa shape index (κ3) is 4.31. The predicted octanol–water partition coefficient (Wildman–Crippen LogP) is 0.195. The molecule has 0 saturated heterocycles. The van der Waals surface area contributed by atoms with Gasteiger partial charge in [0.05, 0.1) is 0 Å². The van der Waals surface area contributed by atoms with Gasteiger partial charge in [0.15, 0.2) is 6.10 Å². The van der Waals surface area contributed by atoms with Crippen molar-refractivity contribution in [2.75, 3.05) is 0 Å². The van der Waals surface area contributed by atoms with Crippen LogP contribution in [0.2, 0.25) is 0 Å². The van der Waals surface area contributed by atoms with E-state index in [1.165, 1.54) is 0 Å². The normalized spacial score (nSPS) is 16.1. The summed E-state index contributed by atoms with van der Waals surface area (Å²) in [5, 5.41) is 17.4. The molecule has 0 aliphatic carbocycles. The van der Waals surface area contributed by atoms with Crippen molar-refractivity contribution in [2.45, 2.75) is 38.8 Å². The SMILES string of the molecule is CC(C)CC[C@H](N)[C@@H](O)C(=O)O. The highest BCUT2D eigenvalue weighted by atomic mass is 16.4. The lowest BCUT2D eigenvalue weighted by atomic mass is 10.0. The molecule has 4 heteroatoms. The molecule has 0 spiro atoms. The lowest BCUT2D eigenvalue weighted by Crippen LogP contribution is -2.40. The molecular formula is C8H17NO3. The predicted molar refractivity (Wildman–Crippen MR) is 45.7 cm³/mol. The summed E-state index contributed by atoms with van der Waals surface area (Å²) in [7, 11) is 0. The topological polar surface area (TPSA) is 83.5 Å². The molecule has 0 bridgehead atoms. The van der Waals surface area contributed by atoms with E-state index in [9.17, 15) is 4.79 Å². The van der Waals surface area contributed by atoms with Gasteiger partial charge in [0, 0.05) is 6.04 Å². The first-order valence-corrected chi connectivity index (χ1v) is 4.11. The maximum atomic E-state index is 10.3. The molecule has 0 radical (unpaired) electrons. The second kappa shape index (κ2) is 5.11. The van der Waals surface area contributed by atoms with Crippen LogP contribution in [0.1, 0.15) is 26.7 Å². The van der Waals surface area contributed by atoms with Crippen LogP contribution in [0.3, 0.4) is 0 Å². The molecule has 4 nitrogen and oxygen atoms in total. The maximum Gasteiger partial charge on any atom is 0.334 e.